The van der Waals surface area contributed by atoms with Crippen molar-refractivity contribution >= 4 is 34.7 Å². The molecule has 2 aromatic carbocycles. The number of amides is 2. The second-order valence-corrected chi connectivity index (χ2v) is 22.6. The van der Waals surface area contributed by atoms with Crippen molar-refractivity contribution in [3.8, 4) is 33.3 Å². The van der Waals surface area contributed by atoms with Crippen LogP contribution in [-0.4, -0.2) is 197 Å². The quantitative estimate of drug-likeness (QED) is 0.0753. The highest BCUT2D eigenvalue weighted by molar-refractivity contribution is 7.13. The zero-order valence-electron chi connectivity index (χ0n) is 44.6. The minimum absolute atomic E-state index is 0.0598. The van der Waals surface area contributed by atoms with Crippen LogP contribution in [-0.2, 0) is 23.8 Å². The van der Waals surface area contributed by atoms with Gasteiger partial charge in [0, 0.05) is 103 Å². The van der Waals surface area contributed by atoms with Gasteiger partial charge in [0.1, 0.15) is 24.3 Å². The number of nitrogens with two attached hydrogens (primary N) is 1. The van der Waals surface area contributed by atoms with Crippen LogP contribution in [0.3, 0.4) is 0 Å². The van der Waals surface area contributed by atoms with Gasteiger partial charge < -0.3 is 54.5 Å². The number of β-amino-alcohol motifs (C(OH)–C–C–N with tert-alkyl or cyclic N) is 1. The number of phenols is 1. The predicted molar refractivity (Wildman–Crippen MR) is 292 cm³/mol. The number of nitrogens with one attached hydrogen (secondary N) is 1. The third-order valence-corrected chi connectivity index (χ3v) is 16.9. The number of ether oxygens (including phenoxy) is 4. The van der Waals surface area contributed by atoms with Gasteiger partial charge in [-0.05, 0) is 73.0 Å². The zero-order chi connectivity index (χ0) is 53.5. The summed E-state index contributed by atoms with van der Waals surface area (Å²) in [4.78, 5) is 44.2. The summed E-state index contributed by atoms with van der Waals surface area (Å²) in [5.41, 5.74) is 12.0. The number of piperidine rings is 1. The average molecular weight is 1080 g/mol. The summed E-state index contributed by atoms with van der Waals surface area (Å²) in [6, 6.07) is 17.6. The highest BCUT2D eigenvalue weighted by atomic mass is 32.1. The Morgan fingerprint density at radius 2 is 1.57 bits per heavy atom. The number of anilines is 2. The normalized spacial score (nSPS) is 23.0. The van der Waals surface area contributed by atoms with E-state index < -0.39 is 18.1 Å². The van der Waals surface area contributed by atoms with E-state index in [1.165, 1.54) is 4.90 Å². The number of piperazine rings is 1. The summed E-state index contributed by atoms with van der Waals surface area (Å²) < 4.78 is 30.8. The first-order valence-corrected chi connectivity index (χ1v) is 28.3. The number of aliphatic hydroxyl groups excluding tert-OH is 1. The Balaban J connectivity index is 0.582. The first kappa shape index (κ1) is 54.6. The molecule has 3 aromatic heterocycles. The summed E-state index contributed by atoms with van der Waals surface area (Å²) in [5.74, 6) is -0.237. The van der Waals surface area contributed by atoms with Crippen molar-refractivity contribution in [1.82, 2.24) is 45.3 Å². The molecular formula is C56H75N11O9S. The molecular weight excluding hydrogens is 1000 g/mol. The number of benzene rings is 2. The largest absolute Gasteiger partial charge is 0.507 e. The van der Waals surface area contributed by atoms with Gasteiger partial charge in [0.25, 0.3) is 5.88 Å². The van der Waals surface area contributed by atoms with Gasteiger partial charge in [-0.3, -0.25) is 29.3 Å². The van der Waals surface area contributed by atoms with Crippen molar-refractivity contribution in [2.24, 2.45) is 5.92 Å². The molecule has 77 heavy (non-hydrogen) atoms. The Hall–Kier alpha value is -5.78. The van der Waals surface area contributed by atoms with E-state index in [9.17, 15) is 19.8 Å². The molecule has 0 radical (unpaired) electrons. The lowest BCUT2D eigenvalue weighted by Crippen LogP contribution is -2.57. The number of rotatable bonds is 21. The lowest BCUT2D eigenvalue weighted by molar-refractivity contribution is -0.141. The molecule has 4 saturated heterocycles. The van der Waals surface area contributed by atoms with Crippen molar-refractivity contribution in [1.29, 1.82) is 0 Å². The molecule has 5 aliphatic rings. The number of nitrogen functional groups attached to an aromatic ring is 1. The third kappa shape index (κ3) is 13.4. The van der Waals surface area contributed by atoms with E-state index in [4.69, 9.17) is 29.2 Å². The summed E-state index contributed by atoms with van der Waals surface area (Å²) in [6.07, 6.45) is 5.29. The maximum Gasteiger partial charge on any atom is 0.254 e. The molecule has 21 heteroatoms. The van der Waals surface area contributed by atoms with Gasteiger partial charge in [-0.1, -0.05) is 50.2 Å². The second-order valence-electron chi connectivity index (χ2n) is 21.7. The standard InChI is InChI=1S/C56H75N11O9S/c1-37(2)52(55(71)67-34-41(68)28-47(67)54(70)59-38(3)39-8-10-40(11-9-39)50-33-58-36-77-50)49-32-51(62-76-49)74-26-21-64-18-16-63(17-19-64)20-24-72-42-29-43(30-42)73-25-22-65-23-27-75-56(35-65)12-14-66(15-13-56)46-31-45(60-61-53(46)57)44-6-4-5-7-48(44)69/h4-11,31-33,36-38,41-43,47,52,68-69H,12-30,34-35H2,1-3H3,(H2,57,61)(H,59,70)/t38-,41+,42-,43-,47-,52?/m0/s1. The van der Waals surface area contributed by atoms with Crippen LogP contribution in [0, 0.1) is 5.92 Å². The van der Waals surface area contributed by atoms with Gasteiger partial charge in [-0.2, -0.15) is 0 Å². The van der Waals surface area contributed by atoms with Crippen LogP contribution in [0.1, 0.15) is 76.2 Å². The smallest absolute Gasteiger partial charge is 0.254 e. The number of morpholine rings is 1. The molecule has 2 amide bonds. The van der Waals surface area contributed by atoms with Crippen LogP contribution >= 0.6 is 11.3 Å². The van der Waals surface area contributed by atoms with E-state index >= 15 is 0 Å². The Labute approximate surface area is 454 Å². The molecule has 1 unspecified atom stereocenters. The predicted octanol–water partition coefficient (Wildman–Crippen LogP) is 5.05. The summed E-state index contributed by atoms with van der Waals surface area (Å²) in [6.45, 7) is 18.0. The monoisotopic (exact) mass is 1080 g/mol. The molecule has 10 rings (SSSR count). The van der Waals surface area contributed by atoms with Crippen molar-refractivity contribution in [2.45, 2.75) is 94.8 Å². The fourth-order valence-corrected chi connectivity index (χ4v) is 12.1. The fourth-order valence-electron chi connectivity index (χ4n) is 11.4. The van der Waals surface area contributed by atoms with Crippen LogP contribution in [0.2, 0.25) is 0 Å². The van der Waals surface area contributed by atoms with Crippen LogP contribution in [0.25, 0.3) is 21.7 Å². The topological polar surface area (TPSA) is 230 Å². The number of carbonyl (C=O) groups is 2. The van der Waals surface area contributed by atoms with Gasteiger partial charge in [0.05, 0.1) is 71.5 Å². The number of carbonyl (C=O) groups excluding carboxylic acids is 2. The number of para-hydroxylation sites is 1. The molecule has 5 fully saturated rings. The zero-order valence-corrected chi connectivity index (χ0v) is 45.4. The maximum absolute atomic E-state index is 14.2. The number of hydrogen-bond donors (Lipinski definition) is 4. The Kier molecular flexibility index (Phi) is 17.7. The molecule has 1 saturated carbocycles. The number of phenolic OH excluding ortho intramolecular Hbond substituents is 1. The lowest BCUT2D eigenvalue weighted by Gasteiger charge is -2.48. The Morgan fingerprint density at radius 3 is 2.26 bits per heavy atom. The first-order valence-electron chi connectivity index (χ1n) is 27.4. The minimum atomic E-state index is -0.820. The molecule has 1 aliphatic carbocycles. The molecule has 4 aliphatic heterocycles. The number of aliphatic hydroxyl groups is 1. The van der Waals surface area contributed by atoms with Gasteiger partial charge in [-0.25, -0.2) is 0 Å². The van der Waals surface area contributed by atoms with E-state index in [1.54, 1.807) is 35.0 Å². The number of aromatic nitrogens is 4. The first-order chi connectivity index (χ1) is 37.4. The number of likely N-dealkylation sites (tertiary alicyclic amines) is 1. The van der Waals surface area contributed by atoms with E-state index in [1.807, 2.05) is 69.4 Å². The van der Waals surface area contributed by atoms with Gasteiger partial charge >= 0.3 is 0 Å². The SMILES string of the molecule is CC(C)C(C(=O)N1C[C@H](O)C[C@H]1C(=O)N[C@@H](C)c1ccc(-c2cncs2)cc1)c1cc(OCCN2CCN(CCO[C@H]3C[C@H](OCCN4CCOC5(CCN(c6cc(-c7ccccc7O)nnc6N)CC5)C4)C3)CC2)no1. The highest BCUT2D eigenvalue weighted by Gasteiger charge is 2.44. The van der Waals surface area contributed by atoms with E-state index in [2.05, 4.69) is 45.3 Å². The molecule has 7 heterocycles. The van der Waals surface area contributed by atoms with Crippen LogP contribution in [0.15, 0.2) is 76.9 Å². The van der Waals surface area contributed by atoms with E-state index in [0.717, 1.165) is 119 Å². The molecule has 4 atom stereocenters. The van der Waals surface area contributed by atoms with Gasteiger partial charge in [-0.15, -0.1) is 21.5 Å². The molecule has 20 nitrogen and oxygen atoms in total. The third-order valence-electron chi connectivity index (χ3n) is 16.1. The van der Waals surface area contributed by atoms with Gasteiger partial charge in [0.15, 0.2) is 11.6 Å². The Morgan fingerprint density at radius 1 is 0.870 bits per heavy atom. The number of hydrogen-bond acceptors (Lipinski definition) is 19. The summed E-state index contributed by atoms with van der Waals surface area (Å²) >= 11 is 1.57. The fraction of sp³-hybridized carbons (Fsp3) is 0.571. The Bertz CT molecular complexity index is 2710. The van der Waals surface area contributed by atoms with E-state index in [-0.39, 0.29) is 60.3 Å². The summed E-state index contributed by atoms with van der Waals surface area (Å²) in [7, 11) is 0. The minimum Gasteiger partial charge on any atom is -0.507 e. The highest BCUT2D eigenvalue weighted by Crippen LogP contribution is 2.37. The van der Waals surface area contributed by atoms with Crippen LogP contribution < -0.4 is 20.7 Å². The van der Waals surface area contributed by atoms with Crippen LogP contribution in [0.5, 0.6) is 11.6 Å². The summed E-state index contributed by atoms with van der Waals surface area (Å²) in [5, 5.41) is 36.8. The second kappa shape index (κ2) is 24.9. The van der Waals surface area contributed by atoms with Crippen molar-refractivity contribution in [3.05, 3.63) is 83.7 Å². The van der Waals surface area contributed by atoms with Crippen molar-refractivity contribution in [2.75, 3.05) is 116 Å². The van der Waals surface area contributed by atoms with Crippen LogP contribution in [0.4, 0.5) is 11.5 Å². The van der Waals surface area contributed by atoms with Crippen molar-refractivity contribution in [3.63, 3.8) is 0 Å². The average Bonchev–Trinajstić information content (AvgIpc) is 4.22. The number of thiazole rings is 1. The lowest BCUT2D eigenvalue weighted by atomic mass is 9.89. The number of nitrogens with zero attached hydrogens (tertiary/aromatic N) is 9. The molecule has 5 N–H and O–H groups in total. The van der Waals surface area contributed by atoms with Gasteiger partial charge in [0.2, 0.25) is 11.8 Å². The molecule has 414 valence electrons. The molecule has 5 aromatic rings. The van der Waals surface area contributed by atoms with Crippen molar-refractivity contribution < 1.29 is 43.3 Å². The maximum atomic E-state index is 14.2. The number of aromatic hydroxyl groups is 1. The van der Waals surface area contributed by atoms with E-state index in [0.29, 0.717) is 55.1 Å². The molecule has 0 bridgehead atoms. The molecule has 1 spiro atoms.